The smallest absolute Gasteiger partial charge is 0.310 e. The number of halogens is 1. The largest absolute Gasteiger partial charge is 0.469 e. The van der Waals surface area contributed by atoms with Gasteiger partial charge < -0.3 is 4.74 Å². The molecule has 0 spiro atoms. The number of carbonyl (C=O) groups excluding carboxylic acids is 1. The Morgan fingerprint density at radius 2 is 2.00 bits per heavy atom. The van der Waals surface area contributed by atoms with Crippen LogP contribution in [0.5, 0.6) is 0 Å². The molecule has 0 saturated carbocycles. The zero-order valence-corrected chi connectivity index (χ0v) is 17.1. The van der Waals surface area contributed by atoms with Gasteiger partial charge in [0.15, 0.2) is 0 Å². The summed E-state index contributed by atoms with van der Waals surface area (Å²) in [5.74, 6) is -0.481. The lowest BCUT2D eigenvalue weighted by atomic mass is 10.1. The molecule has 0 unspecified atom stereocenters. The molecule has 0 bridgehead atoms. The third kappa shape index (κ3) is 4.67. The zero-order valence-electron chi connectivity index (χ0n) is 15.5. The predicted molar refractivity (Wildman–Crippen MR) is 113 cm³/mol. The Morgan fingerprint density at radius 1 is 1.28 bits per heavy atom. The highest BCUT2D eigenvalue weighted by atomic mass is 35.5. The third-order valence-electron chi connectivity index (χ3n) is 4.20. The lowest BCUT2D eigenvalue weighted by Gasteiger charge is -2.19. The first-order chi connectivity index (χ1) is 13.9. The van der Waals surface area contributed by atoms with Crippen LogP contribution in [-0.4, -0.2) is 31.3 Å². The van der Waals surface area contributed by atoms with Gasteiger partial charge in [0.25, 0.3) is 0 Å². The molecule has 29 heavy (non-hydrogen) atoms. The maximum absolute atomic E-state index is 12.1. The van der Waals surface area contributed by atoms with Crippen LogP contribution in [-0.2, 0) is 26.8 Å². The van der Waals surface area contributed by atoms with E-state index in [-0.39, 0.29) is 6.42 Å². The van der Waals surface area contributed by atoms with Crippen LogP contribution in [0.25, 0.3) is 11.8 Å². The van der Waals surface area contributed by atoms with E-state index in [0.29, 0.717) is 22.0 Å². The normalized spacial score (nSPS) is 10.7. The van der Waals surface area contributed by atoms with E-state index in [1.807, 2.05) is 0 Å². The zero-order chi connectivity index (χ0) is 21.0. The first kappa shape index (κ1) is 20.6. The summed E-state index contributed by atoms with van der Waals surface area (Å²) < 4.78 is 31.6. The number of ether oxygens (including phenoxy) is 1. The SMILES string of the molecule is C=Cc1ccc(N(c2cnn(-c3ccc(Cl)cc3)c2)[SH](=O)=O)c(CC(=O)OC)c1. The number of methoxy groups -OCH3 is 1. The van der Waals surface area contributed by atoms with Crippen LogP contribution >= 0.6 is 11.6 Å². The van der Waals surface area contributed by atoms with Gasteiger partial charge >= 0.3 is 5.97 Å². The lowest BCUT2D eigenvalue weighted by molar-refractivity contribution is -0.139. The number of esters is 1. The van der Waals surface area contributed by atoms with Gasteiger partial charge in [0, 0.05) is 5.02 Å². The molecule has 7 nitrogen and oxygen atoms in total. The molecule has 0 N–H and O–H groups in total. The minimum Gasteiger partial charge on any atom is -0.469 e. The van der Waals surface area contributed by atoms with Gasteiger partial charge in [-0.2, -0.15) is 5.10 Å². The molecule has 0 atom stereocenters. The Morgan fingerprint density at radius 3 is 2.62 bits per heavy atom. The number of hydrogen-bond donors (Lipinski definition) is 1. The average Bonchev–Trinajstić information content (AvgIpc) is 3.19. The Balaban J connectivity index is 2.06. The van der Waals surface area contributed by atoms with Crippen LogP contribution in [0.4, 0.5) is 11.4 Å². The molecule has 1 heterocycles. The molecule has 2 aromatic carbocycles. The maximum Gasteiger partial charge on any atom is 0.310 e. The van der Waals surface area contributed by atoms with Crippen molar-refractivity contribution < 1.29 is 17.9 Å². The molecule has 150 valence electrons. The lowest BCUT2D eigenvalue weighted by Crippen LogP contribution is -2.17. The monoisotopic (exact) mass is 431 g/mol. The van der Waals surface area contributed by atoms with Gasteiger partial charge in [-0.3, -0.25) is 4.79 Å². The van der Waals surface area contributed by atoms with E-state index in [1.54, 1.807) is 54.7 Å². The van der Waals surface area contributed by atoms with Crippen molar-refractivity contribution in [2.45, 2.75) is 6.42 Å². The summed E-state index contributed by atoms with van der Waals surface area (Å²) in [5, 5.41) is 4.83. The molecule has 9 heteroatoms. The quantitative estimate of drug-likeness (QED) is 0.457. The number of anilines is 2. The van der Waals surface area contributed by atoms with Gasteiger partial charge in [-0.05, 0) is 47.5 Å². The summed E-state index contributed by atoms with van der Waals surface area (Å²) in [7, 11) is -1.78. The standard InChI is InChI=1S/C20H18ClN3O4S/c1-3-14-4-9-19(15(10-14)11-20(25)28-2)24(29(26)27)18-12-22-23(13-18)17-7-5-16(21)6-8-17/h3-10,12-13,29H,1,11H2,2H3. The van der Waals surface area contributed by atoms with Crippen LogP contribution in [0.2, 0.25) is 5.02 Å². The van der Waals surface area contributed by atoms with Crippen LogP contribution in [0.1, 0.15) is 11.1 Å². The van der Waals surface area contributed by atoms with Crippen molar-refractivity contribution >= 4 is 45.9 Å². The summed E-state index contributed by atoms with van der Waals surface area (Å²) in [6, 6.07) is 12.0. The first-order valence-electron chi connectivity index (χ1n) is 8.50. The highest BCUT2D eigenvalue weighted by Gasteiger charge is 2.20. The molecule has 3 rings (SSSR count). The van der Waals surface area contributed by atoms with Crippen LogP contribution < -0.4 is 4.31 Å². The van der Waals surface area contributed by atoms with E-state index in [0.717, 1.165) is 15.6 Å². The van der Waals surface area contributed by atoms with Gasteiger partial charge in [-0.25, -0.2) is 17.4 Å². The topological polar surface area (TPSA) is 81.5 Å². The molecule has 0 aliphatic carbocycles. The fraction of sp³-hybridized carbons (Fsp3) is 0.100. The number of aromatic nitrogens is 2. The van der Waals surface area contributed by atoms with E-state index in [4.69, 9.17) is 16.3 Å². The minimum atomic E-state index is -3.06. The number of nitrogens with zero attached hydrogens (tertiary/aromatic N) is 3. The van der Waals surface area contributed by atoms with E-state index in [9.17, 15) is 13.2 Å². The second kappa shape index (κ2) is 8.93. The number of rotatable bonds is 7. The highest BCUT2D eigenvalue weighted by Crippen LogP contribution is 2.31. The Labute approximate surface area is 174 Å². The molecule has 0 fully saturated rings. The van der Waals surface area contributed by atoms with Crippen LogP contribution in [0.3, 0.4) is 0 Å². The Bertz CT molecular complexity index is 1120. The second-order valence-corrected chi connectivity index (χ2v) is 7.33. The molecular weight excluding hydrogens is 414 g/mol. The molecule has 0 aliphatic rings. The van der Waals surface area contributed by atoms with Gasteiger partial charge in [0.2, 0.25) is 10.9 Å². The summed E-state index contributed by atoms with van der Waals surface area (Å²) in [4.78, 5) is 11.8. The van der Waals surface area contributed by atoms with Crippen molar-refractivity contribution in [3.05, 3.63) is 77.6 Å². The predicted octanol–water partition coefficient (Wildman–Crippen LogP) is 3.55. The van der Waals surface area contributed by atoms with Crippen LogP contribution in [0.15, 0.2) is 61.4 Å². The summed E-state index contributed by atoms with van der Waals surface area (Å²) in [6.07, 6.45) is 4.55. The number of hydrogen-bond acceptors (Lipinski definition) is 5. The summed E-state index contributed by atoms with van der Waals surface area (Å²) in [5.41, 5.74) is 2.64. The van der Waals surface area contributed by atoms with E-state index < -0.39 is 16.9 Å². The van der Waals surface area contributed by atoms with Crippen molar-refractivity contribution in [1.82, 2.24) is 9.78 Å². The third-order valence-corrected chi connectivity index (χ3v) is 5.22. The average molecular weight is 432 g/mol. The molecule has 1 aromatic heterocycles. The van der Waals surface area contributed by atoms with Gasteiger partial charge in [0.05, 0.1) is 43.0 Å². The maximum atomic E-state index is 12.1. The second-order valence-electron chi connectivity index (χ2n) is 6.01. The minimum absolute atomic E-state index is 0.0848. The van der Waals surface area contributed by atoms with Crippen molar-refractivity contribution in [3.8, 4) is 5.69 Å². The van der Waals surface area contributed by atoms with Gasteiger partial charge in [0.1, 0.15) is 0 Å². The Kier molecular flexibility index (Phi) is 6.36. The van der Waals surface area contributed by atoms with E-state index in [2.05, 4.69) is 11.7 Å². The number of thiol groups is 1. The highest BCUT2D eigenvalue weighted by molar-refractivity contribution is 7.74. The molecule has 0 amide bonds. The van der Waals surface area contributed by atoms with Gasteiger partial charge in [-0.15, -0.1) is 0 Å². The Hall–Kier alpha value is -3.10. The van der Waals surface area contributed by atoms with Crippen molar-refractivity contribution in [1.29, 1.82) is 0 Å². The van der Waals surface area contributed by atoms with Crippen LogP contribution in [0, 0.1) is 0 Å². The van der Waals surface area contributed by atoms with Gasteiger partial charge in [-0.1, -0.05) is 30.3 Å². The van der Waals surface area contributed by atoms with Crippen molar-refractivity contribution in [2.75, 3.05) is 11.4 Å². The number of carbonyl (C=O) groups is 1. The molecule has 0 aliphatic heterocycles. The molecule has 3 aromatic rings. The number of benzene rings is 2. The fourth-order valence-electron chi connectivity index (χ4n) is 2.79. The summed E-state index contributed by atoms with van der Waals surface area (Å²) >= 11 is 5.91. The molecular formula is C20H18ClN3O4S. The van der Waals surface area contributed by atoms with E-state index >= 15 is 0 Å². The first-order valence-corrected chi connectivity index (χ1v) is 10.0. The van der Waals surface area contributed by atoms with Crippen molar-refractivity contribution in [3.63, 3.8) is 0 Å². The van der Waals surface area contributed by atoms with Crippen molar-refractivity contribution in [2.24, 2.45) is 0 Å². The molecule has 0 saturated heterocycles. The fourth-order valence-corrected chi connectivity index (χ4v) is 3.58. The molecule has 0 radical (unpaired) electrons. The summed E-state index contributed by atoms with van der Waals surface area (Å²) in [6.45, 7) is 3.71. The van der Waals surface area contributed by atoms with E-state index in [1.165, 1.54) is 18.0 Å².